The van der Waals surface area contributed by atoms with Gasteiger partial charge in [0.05, 0.1) is 18.5 Å². The summed E-state index contributed by atoms with van der Waals surface area (Å²) in [6.07, 6.45) is -0.689. The number of carbonyl (C=O) groups excluding carboxylic acids is 1. The van der Waals surface area contributed by atoms with Crippen LogP contribution < -0.4 is 10.2 Å². The van der Waals surface area contributed by atoms with Crippen LogP contribution in [-0.4, -0.2) is 29.8 Å². The van der Waals surface area contributed by atoms with Crippen LogP contribution in [0.1, 0.15) is 19.4 Å². The van der Waals surface area contributed by atoms with E-state index in [-0.39, 0.29) is 6.61 Å². The van der Waals surface area contributed by atoms with E-state index in [1.807, 2.05) is 0 Å². The molecule has 0 atom stereocenters. The van der Waals surface area contributed by atoms with Gasteiger partial charge in [-0.2, -0.15) is 5.10 Å². The Labute approximate surface area is 116 Å². The van der Waals surface area contributed by atoms with Crippen molar-refractivity contribution in [3.8, 4) is 5.75 Å². The molecule has 2 N–H and O–H groups in total. The molecule has 1 rings (SSSR count). The molecule has 0 spiro atoms. The van der Waals surface area contributed by atoms with Crippen LogP contribution >= 0.6 is 0 Å². The molecule has 0 aliphatic carbocycles. The molecule has 0 bridgehead atoms. The lowest BCUT2D eigenvalue weighted by Gasteiger charge is -2.05. The first-order valence-corrected chi connectivity index (χ1v) is 5.86. The van der Waals surface area contributed by atoms with Gasteiger partial charge in [0, 0.05) is 0 Å². The Kier molecular flexibility index (Phi) is 6.02. The average molecular weight is 279 g/mol. The Morgan fingerprint density at radius 3 is 2.45 bits per heavy atom. The van der Waals surface area contributed by atoms with Crippen LogP contribution in [0, 0.1) is 0 Å². The summed E-state index contributed by atoms with van der Waals surface area (Å²) in [5, 5.41) is 15.2. The monoisotopic (exact) mass is 279 g/mol. The van der Waals surface area contributed by atoms with E-state index in [4.69, 9.17) is 14.7 Å². The van der Waals surface area contributed by atoms with Crippen molar-refractivity contribution in [1.29, 1.82) is 0 Å². The van der Waals surface area contributed by atoms with E-state index in [2.05, 4.69) is 15.7 Å². The molecule has 0 aromatic heterocycles. The molecule has 20 heavy (non-hydrogen) atoms. The summed E-state index contributed by atoms with van der Waals surface area (Å²) in [6.45, 7) is 3.28. The van der Waals surface area contributed by atoms with E-state index in [0.29, 0.717) is 11.4 Å². The van der Waals surface area contributed by atoms with Crippen molar-refractivity contribution in [3.63, 3.8) is 0 Å². The van der Waals surface area contributed by atoms with Crippen molar-refractivity contribution < 1.29 is 19.5 Å². The number of nitrogens with zero attached hydrogens (tertiary/aromatic N) is 2. The number of hydrogen-bond donors (Lipinski definition) is 2. The number of oxime groups is 1. The first kappa shape index (κ1) is 15.5. The maximum atomic E-state index is 11.4. The van der Waals surface area contributed by atoms with E-state index >= 15 is 0 Å². The van der Waals surface area contributed by atoms with Crippen LogP contribution in [-0.2, 0) is 11.3 Å². The average Bonchev–Trinajstić information content (AvgIpc) is 2.50. The van der Waals surface area contributed by atoms with Crippen LogP contribution in [0.5, 0.6) is 5.75 Å². The molecule has 0 saturated carbocycles. The third-order valence-electron chi connectivity index (χ3n) is 2.52. The number of hydrazone groups is 1. The van der Waals surface area contributed by atoms with Gasteiger partial charge in [0.1, 0.15) is 12.4 Å². The van der Waals surface area contributed by atoms with Crippen LogP contribution in [0.3, 0.4) is 0 Å². The molecule has 7 heteroatoms. The lowest BCUT2D eigenvalue weighted by Crippen LogP contribution is -2.21. The predicted octanol–water partition coefficient (Wildman–Crippen LogP) is 2.15. The lowest BCUT2D eigenvalue weighted by atomic mass is 10.2. The summed E-state index contributed by atoms with van der Waals surface area (Å²) in [6, 6.07) is 7.15. The number of ether oxygens (including phenoxy) is 2. The van der Waals surface area contributed by atoms with Crippen molar-refractivity contribution in [3.05, 3.63) is 29.8 Å². The standard InChI is InChI=1S/C13H17N3O4/c1-9(10(2)16-18)14-15-13(17)20-8-11-4-6-12(19-3)7-5-11/h4-7,18H,8H2,1-3H3,(H,15,17). The van der Waals surface area contributed by atoms with Crippen LogP contribution in [0.25, 0.3) is 0 Å². The fourth-order valence-corrected chi connectivity index (χ4v) is 1.19. The molecule has 1 amide bonds. The lowest BCUT2D eigenvalue weighted by molar-refractivity contribution is 0.140. The number of carbonyl (C=O) groups is 1. The minimum Gasteiger partial charge on any atom is -0.497 e. The number of amides is 1. The Morgan fingerprint density at radius 1 is 1.25 bits per heavy atom. The summed E-state index contributed by atoms with van der Waals surface area (Å²) in [4.78, 5) is 11.4. The summed E-state index contributed by atoms with van der Waals surface area (Å²) < 4.78 is 9.99. The van der Waals surface area contributed by atoms with E-state index < -0.39 is 6.09 Å². The summed E-state index contributed by atoms with van der Waals surface area (Å²) >= 11 is 0. The summed E-state index contributed by atoms with van der Waals surface area (Å²) in [5.74, 6) is 0.734. The van der Waals surface area contributed by atoms with E-state index in [9.17, 15) is 4.79 Å². The highest BCUT2D eigenvalue weighted by molar-refractivity contribution is 6.40. The molecular formula is C13H17N3O4. The molecule has 0 aliphatic rings. The van der Waals surface area contributed by atoms with Gasteiger partial charge in [-0.3, -0.25) is 0 Å². The smallest absolute Gasteiger partial charge is 0.428 e. The second kappa shape index (κ2) is 7.78. The molecule has 0 unspecified atom stereocenters. The maximum Gasteiger partial charge on any atom is 0.428 e. The van der Waals surface area contributed by atoms with Gasteiger partial charge in [-0.05, 0) is 31.5 Å². The van der Waals surface area contributed by atoms with Gasteiger partial charge in [0.2, 0.25) is 0 Å². The molecule has 1 aromatic carbocycles. The molecular weight excluding hydrogens is 262 g/mol. The first-order valence-electron chi connectivity index (χ1n) is 5.86. The van der Waals surface area contributed by atoms with Crippen molar-refractivity contribution in [2.45, 2.75) is 20.5 Å². The van der Waals surface area contributed by atoms with Gasteiger partial charge in [0.15, 0.2) is 0 Å². The molecule has 0 radical (unpaired) electrons. The minimum absolute atomic E-state index is 0.122. The summed E-state index contributed by atoms with van der Waals surface area (Å²) in [5.41, 5.74) is 3.72. The Hall–Kier alpha value is -2.57. The van der Waals surface area contributed by atoms with Crippen LogP contribution in [0.2, 0.25) is 0 Å². The third kappa shape index (κ3) is 4.97. The Bertz CT molecular complexity index is 509. The fraction of sp³-hybridized carbons (Fsp3) is 0.308. The first-order chi connectivity index (χ1) is 9.56. The third-order valence-corrected chi connectivity index (χ3v) is 2.52. The number of benzene rings is 1. The zero-order valence-corrected chi connectivity index (χ0v) is 11.6. The quantitative estimate of drug-likeness (QED) is 0.490. The molecule has 0 heterocycles. The molecule has 0 saturated heterocycles. The number of rotatable bonds is 5. The second-order valence-corrected chi connectivity index (χ2v) is 3.92. The Balaban J connectivity index is 2.43. The van der Waals surface area contributed by atoms with E-state index in [1.165, 1.54) is 0 Å². The predicted molar refractivity (Wildman–Crippen MR) is 74.3 cm³/mol. The van der Waals surface area contributed by atoms with Crippen molar-refractivity contribution in [2.24, 2.45) is 10.3 Å². The van der Waals surface area contributed by atoms with Crippen molar-refractivity contribution in [2.75, 3.05) is 7.11 Å². The largest absolute Gasteiger partial charge is 0.497 e. The highest BCUT2D eigenvalue weighted by Crippen LogP contribution is 2.11. The van der Waals surface area contributed by atoms with Gasteiger partial charge < -0.3 is 14.7 Å². The molecule has 0 fully saturated rings. The normalized spacial score (nSPS) is 11.9. The topological polar surface area (TPSA) is 92.5 Å². The van der Waals surface area contributed by atoms with Crippen LogP contribution in [0.15, 0.2) is 34.5 Å². The fourth-order valence-electron chi connectivity index (χ4n) is 1.19. The van der Waals surface area contributed by atoms with Gasteiger partial charge in [-0.25, -0.2) is 10.2 Å². The number of hydrogen-bond acceptors (Lipinski definition) is 6. The molecule has 108 valence electrons. The Morgan fingerprint density at radius 2 is 1.90 bits per heavy atom. The number of methoxy groups -OCH3 is 1. The number of nitrogens with one attached hydrogen (secondary N) is 1. The summed E-state index contributed by atoms with van der Waals surface area (Å²) in [7, 11) is 1.58. The van der Waals surface area contributed by atoms with Gasteiger partial charge in [-0.15, -0.1) is 0 Å². The highest BCUT2D eigenvalue weighted by Gasteiger charge is 2.03. The van der Waals surface area contributed by atoms with E-state index in [1.54, 1.807) is 45.2 Å². The van der Waals surface area contributed by atoms with Gasteiger partial charge in [-0.1, -0.05) is 17.3 Å². The zero-order chi connectivity index (χ0) is 15.0. The SMILES string of the molecule is COc1ccc(COC(=O)NN=C(C)C(C)=NO)cc1. The van der Waals surface area contributed by atoms with E-state index in [0.717, 1.165) is 11.3 Å². The van der Waals surface area contributed by atoms with Crippen molar-refractivity contribution in [1.82, 2.24) is 5.43 Å². The zero-order valence-electron chi connectivity index (χ0n) is 11.6. The van der Waals surface area contributed by atoms with Gasteiger partial charge in [0.25, 0.3) is 0 Å². The minimum atomic E-state index is -0.689. The van der Waals surface area contributed by atoms with Crippen LogP contribution in [0.4, 0.5) is 4.79 Å². The maximum absolute atomic E-state index is 11.4. The molecule has 1 aromatic rings. The highest BCUT2D eigenvalue weighted by atomic mass is 16.6. The van der Waals surface area contributed by atoms with Crippen molar-refractivity contribution >= 4 is 17.5 Å². The molecule has 7 nitrogen and oxygen atoms in total. The molecule has 0 aliphatic heterocycles. The van der Waals surface area contributed by atoms with Gasteiger partial charge >= 0.3 is 6.09 Å². The second-order valence-electron chi connectivity index (χ2n) is 3.92.